The summed E-state index contributed by atoms with van der Waals surface area (Å²) < 4.78 is 5.31. The zero-order chi connectivity index (χ0) is 18.5. The third kappa shape index (κ3) is 3.56. The molecule has 0 aliphatic rings. The molecule has 0 aliphatic heterocycles. The molecule has 0 radical (unpaired) electrons. The first-order chi connectivity index (χ1) is 12.6. The van der Waals surface area contributed by atoms with Crippen LogP contribution in [-0.2, 0) is 0 Å². The SMILES string of the molecule is COc1ccccc1-c1cc(C(=O)N/N=C(\C)c2ccccc2O)[nH]n1. The second-order valence-corrected chi connectivity index (χ2v) is 5.52. The van der Waals surface area contributed by atoms with Crippen molar-refractivity contribution in [2.24, 2.45) is 5.10 Å². The van der Waals surface area contributed by atoms with Crippen LogP contribution in [0.5, 0.6) is 11.5 Å². The topological polar surface area (TPSA) is 99.6 Å². The summed E-state index contributed by atoms with van der Waals surface area (Å²) in [6.45, 7) is 1.70. The van der Waals surface area contributed by atoms with Crippen LogP contribution in [0.15, 0.2) is 59.7 Å². The highest BCUT2D eigenvalue weighted by atomic mass is 16.5. The molecule has 1 heterocycles. The Balaban J connectivity index is 1.76. The number of phenols is 1. The van der Waals surface area contributed by atoms with Gasteiger partial charge in [0, 0.05) is 11.1 Å². The van der Waals surface area contributed by atoms with E-state index < -0.39 is 5.91 Å². The van der Waals surface area contributed by atoms with Gasteiger partial charge in [-0.1, -0.05) is 24.3 Å². The quantitative estimate of drug-likeness (QED) is 0.486. The molecule has 132 valence electrons. The third-order valence-electron chi connectivity index (χ3n) is 3.82. The molecular weight excluding hydrogens is 332 g/mol. The standard InChI is InChI=1S/C19H18N4O3/c1-12(13-7-3-5-9-17(13)24)20-23-19(25)16-11-15(21-22-16)14-8-4-6-10-18(14)26-2/h3-11,24H,1-2H3,(H,21,22)(H,23,25)/b20-12+. The second kappa shape index (κ2) is 7.52. The van der Waals surface area contributed by atoms with Crippen LogP contribution in [0.4, 0.5) is 0 Å². The number of nitrogens with zero attached hydrogens (tertiary/aromatic N) is 2. The zero-order valence-electron chi connectivity index (χ0n) is 14.4. The Bertz CT molecular complexity index is 963. The number of amides is 1. The van der Waals surface area contributed by atoms with E-state index in [1.165, 1.54) is 0 Å². The fourth-order valence-corrected chi connectivity index (χ4v) is 2.47. The number of carbonyl (C=O) groups is 1. The molecule has 1 aromatic heterocycles. The van der Waals surface area contributed by atoms with Crippen molar-refractivity contribution in [3.05, 3.63) is 65.9 Å². The number of ether oxygens (including phenoxy) is 1. The molecule has 26 heavy (non-hydrogen) atoms. The van der Waals surface area contributed by atoms with E-state index in [1.807, 2.05) is 24.3 Å². The summed E-state index contributed by atoms with van der Waals surface area (Å²) in [5, 5.41) is 20.7. The molecule has 0 fully saturated rings. The number of rotatable bonds is 5. The van der Waals surface area contributed by atoms with Crippen molar-refractivity contribution in [3.63, 3.8) is 0 Å². The van der Waals surface area contributed by atoms with E-state index in [0.29, 0.717) is 22.7 Å². The van der Waals surface area contributed by atoms with Crippen molar-refractivity contribution in [1.29, 1.82) is 0 Å². The number of carbonyl (C=O) groups excluding carboxylic acids is 1. The summed E-state index contributed by atoms with van der Waals surface area (Å²) in [7, 11) is 1.58. The molecule has 0 aliphatic carbocycles. The lowest BCUT2D eigenvalue weighted by Gasteiger charge is -2.04. The number of hydrazone groups is 1. The van der Waals surface area contributed by atoms with Gasteiger partial charge in [-0.05, 0) is 37.3 Å². The van der Waals surface area contributed by atoms with Crippen LogP contribution in [0.25, 0.3) is 11.3 Å². The van der Waals surface area contributed by atoms with Crippen molar-refractivity contribution < 1.29 is 14.6 Å². The van der Waals surface area contributed by atoms with Gasteiger partial charge >= 0.3 is 0 Å². The molecule has 7 heteroatoms. The van der Waals surface area contributed by atoms with Gasteiger partial charge in [-0.2, -0.15) is 10.2 Å². The van der Waals surface area contributed by atoms with Gasteiger partial charge in [0.05, 0.1) is 18.5 Å². The number of phenolic OH excluding ortho intramolecular Hbond substituents is 1. The number of nitrogens with one attached hydrogen (secondary N) is 2. The summed E-state index contributed by atoms with van der Waals surface area (Å²) in [4.78, 5) is 12.3. The first-order valence-corrected chi connectivity index (χ1v) is 7.92. The minimum atomic E-state index is -0.437. The number of aromatic hydroxyl groups is 1. The van der Waals surface area contributed by atoms with E-state index >= 15 is 0 Å². The largest absolute Gasteiger partial charge is 0.507 e. The predicted octanol–water partition coefficient (Wildman–Crippen LogP) is 2.94. The summed E-state index contributed by atoms with van der Waals surface area (Å²) >= 11 is 0. The van der Waals surface area contributed by atoms with Gasteiger partial charge in [0.25, 0.3) is 5.91 Å². The number of H-pyrrole nitrogens is 1. The number of benzene rings is 2. The van der Waals surface area contributed by atoms with E-state index in [0.717, 1.165) is 5.56 Å². The van der Waals surface area contributed by atoms with Crippen LogP contribution in [0.1, 0.15) is 23.0 Å². The number of para-hydroxylation sites is 2. The van der Waals surface area contributed by atoms with Crippen LogP contribution in [-0.4, -0.2) is 34.0 Å². The smallest absolute Gasteiger partial charge is 0.289 e. The summed E-state index contributed by atoms with van der Waals surface area (Å²) in [5.41, 5.74) is 5.12. The van der Waals surface area contributed by atoms with E-state index in [9.17, 15) is 9.90 Å². The molecule has 0 unspecified atom stereocenters. The minimum Gasteiger partial charge on any atom is -0.507 e. The maximum absolute atomic E-state index is 12.3. The Morgan fingerprint density at radius 3 is 2.69 bits per heavy atom. The van der Waals surface area contributed by atoms with Crippen molar-refractivity contribution in [3.8, 4) is 22.8 Å². The first kappa shape index (κ1) is 17.2. The highest BCUT2D eigenvalue weighted by molar-refractivity contribution is 6.02. The van der Waals surface area contributed by atoms with Gasteiger partial charge in [-0.3, -0.25) is 9.89 Å². The summed E-state index contributed by atoms with van der Waals surface area (Å²) in [6.07, 6.45) is 0. The highest BCUT2D eigenvalue weighted by Crippen LogP contribution is 2.28. The Hall–Kier alpha value is -3.61. The molecule has 3 N–H and O–H groups in total. The molecule has 0 spiro atoms. The van der Waals surface area contributed by atoms with Gasteiger partial charge in [-0.25, -0.2) is 5.43 Å². The van der Waals surface area contributed by atoms with Crippen molar-refractivity contribution in [2.45, 2.75) is 6.92 Å². The van der Waals surface area contributed by atoms with E-state index in [-0.39, 0.29) is 11.4 Å². The summed E-state index contributed by atoms with van der Waals surface area (Å²) in [6, 6.07) is 15.8. The Morgan fingerprint density at radius 2 is 1.92 bits per heavy atom. The number of hydrogen-bond acceptors (Lipinski definition) is 5. The number of methoxy groups -OCH3 is 1. The average Bonchev–Trinajstić information content (AvgIpc) is 3.16. The van der Waals surface area contributed by atoms with Crippen LogP contribution in [0.3, 0.4) is 0 Å². The van der Waals surface area contributed by atoms with Crippen molar-refractivity contribution in [2.75, 3.05) is 7.11 Å². The van der Waals surface area contributed by atoms with Gasteiger partial charge in [0.15, 0.2) is 0 Å². The Morgan fingerprint density at radius 1 is 1.19 bits per heavy atom. The fourth-order valence-electron chi connectivity index (χ4n) is 2.47. The minimum absolute atomic E-state index is 0.1000. The highest BCUT2D eigenvalue weighted by Gasteiger charge is 2.13. The zero-order valence-corrected chi connectivity index (χ0v) is 14.4. The molecule has 0 atom stereocenters. The Labute approximate surface area is 150 Å². The maximum Gasteiger partial charge on any atom is 0.289 e. The Kier molecular flexibility index (Phi) is 4.98. The number of aromatic amines is 1. The molecule has 0 saturated carbocycles. The second-order valence-electron chi connectivity index (χ2n) is 5.52. The monoisotopic (exact) mass is 350 g/mol. The predicted molar refractivity (Wildman–Crippen MR) is 98.4 cm³/mol. The fraction of sp³-hybridized carbons (Fsp3) is 0.105. The van der Waals surface area contributed by atoms with Gasteiger partial charge in [-0.15, -0.1) is 0 Å². The summed E-state index contributed by atoms with van der Waals surface area (Å²) in [5.74, 6) is 0.329. The normalized spacial score (nSPS) is 11.2. The van der Waals surface area contributed by atoms with Crippen molar-refractivity contribution >= 4 is 11.6 Å². The van der Waals surface area contributed by atoms with Crippen LogP contribution in [0.2, 0.25) is 0 Å². The van der Waals surface area contributed by atoms with E-state index in [4.69, 9.17) is 4.74 Å². The molecule has 3 aromatic rings. The lowest BCUT2D eigenvalue weighted by Crippen LogP contribution is -2.19. The molecule has 0 bridgehead atoms. The molecule has 7 nitrogen and oxygen atoms in total. The van der Waals surface area contributed by atoms with Gasteiger partial charge in [0.2, 0.25) is 0 Å². The van der Waals surface area contributed by atoms with Crippen LogP contribution in [0, 0.1) is 0 Å². The molecule has 2 aromatic carbocycles. The molecule has 0 saturated heterocycles. The average molecular weight is 350 g/mol. The maximum atomic E-state index is 12.3. The van der Waals surface area contributed by atoms with E-state index in [1.54, 1.807) is 44.4 Å². The van der Waals surface area contributed by atoms with Crippen LogP contribution >= 0.6 is 0 Å². The van der Waals surface area contributed by atoms with Crippen LogP contribution < -0.4 is 10.2 Å². The van der Waals surface area contributed by atoms with Gasteiger partial charge < -0.3 is 9.84 Å². The molecule has 3 rings (SSSR count). The van der Waals surface area contributed by atoms with Gasteiger partial charge in [0.1, 0.15) is 17.2 Å². The third-order valence-corrected chi connectivity index (χ3v) is 3.82. The first-order valence-electron chi connectivity index (χ1n) is 7.92. The molecule has 1 amide bonds. The number of aromatic nitrogens is 2. The lowest BCUT2D eigenvalue weighted by molar-refractivity contribution is 0.0950. The van der Waals surface area contributed by atoms with E-state index in [2.05, 4.69) is 20.7 Å². The lowest BCUT2D eigenvalue weighted by atomic mass is 10.1. The molecular formula is C19H18N4O3. The number of hydrogen-bond donors (Lipinski definition) is 3. The van der Waals surface area contributed by atoms with Crippen molar-refractivity contribution in [1.82, 2.24) is 15.6 Å².